The molecule has 120 valence electrons. The van der Waals surface area contributed by atoms with Crippen molar-refractivity contribution in [2.75, 3.05) is 6.61 Å². The molecule has 4 heteroatoms. The smallest absolute Gasteiger partial charge is 0.333 e. The summed E-state index contributed by atoms with van der Waals surface area (Å²) in [6.07, 6.45) is 3.55. The Kier molecular flexibility index (Phi) is 9.42. The van der Waals surface area contributed by atoms with Crippen LogP contribution in [0.2, 0.25) is 0 Å². The van der Waals surface area contributed by atoms with Crippen LogP contribution in [0.3, 0.4) is 0 Å². The summed E-state index contributed by atoms with van der Waals surface area (Å²) in [5, 5.41) is 0. The van der Waals surface area contributed by atoms with Crippen LogP contribution in [-0.4, -0.2) is 24.6 Å². The molecular weight excluding hydrogens is 268 g/mol. The van der Waals surface area contributed by atoms with Crippen LogP contribution in [-0.2, 0) is 19.1 Å². The lowest BCUT2D eigenvalue weighted by molar-refractivity contribution is -0.143. The molecular formula is C17H28O4. The molecule has 4 nitrogen and oxygen atoms in total. The zero-order valence-electron chi connectivity index (χ0n) is 13.7. The van der Waals surface area contributed by atoms with Gasteiger partial charge in [-0.05, 0) is 46.0 Å². The highest BCUT2D eigenvalue weighted by molar-refractivity contribution is 5.87. The zero-order chi connectivity index (χ0) is 16.4. The molecule has 0 aliphatic carbocycles. The minimum absolute atomic E-state index is 0.0948. The third-order valence-electron chi connectivity index (χ3n) is 3.16. The van der Waals surface area contributed by atoms with Gasteiger partial charge in [0.15, 0.2) is 0 Å². The van der Waals surface area contributed by atoms with Gasteiger partial charge in [-0.2, -0.15) is 0 Å². The monoisotopic (exact) mass is 296 g/mol. The maximum absolute atomic E-state index is 11.3. The lowest BCUT2D eigenvalue weighted by Crippen LogP contribution is -2.15. The average Bonchev–Trinajstić information content (AvgIpc) is 2.38. The molecule has 0 saturated carbocycles. The number of carbonyl (C=O) groups excluding carboxylic acids is 2. The molecule has 0 fully saturated rings. The molecule has 0 heterocycles. The Morgan fingerprint density at radius 3 is 2.05 bits per heavy atom. The summed E-state index contributed by atoms with van der Waals surface area (Å²) < 4.78 is 10.3. The highest BCUT2D eigenvalue weighted by Crippen LogP contribution is 2.15. The number of rotatable bonds is 10. The topological polar surface area (TPSA) is 52.6 Å². The predicted molar refractivity (Wildman–Crippen MR) is 83.8 cm³/mol. The second kappa shape index (κ2) is 10.2. The van der Waals surface area contributed by atoms with E-state index in [0.717, 1.165) is 25.7 Å². The Hall–Kier alpha value is -1.58. The van der Waals surface area contributed by atoms with Crippen molar-refractivity contribution in [2.24, 2.45) is 5.92 Å². The minimum atomic E-state index is -0.331. The van der Waals surface area contributed by atoms with Gasteiger partial charge in [-0.25, -0.2) is 9.59 Å². The average molecular weight is 296 g/mol. The third kappa shape index (κ3) is 9.88. The molecule has 0 rings (SSSR count). The number of ether oxygens (including phenoxy) is 2. The first kappa shape index (κ1) is 19.4. The predicted octanol–water partition coefficient (Wildman–Crippen LogP) is 3.81. The van der Waals surface area contributed by atoms with Crippen LogP contribution in [0.4, 0.5) is 0 Å². The second-order valence-corrected chi connectivity index (χ2v) is 5.74. The maximum atomic E-state index is 11.3. The summed E-state index contributed by atoms with van der Waals surface area (Å²) in [5.74, 6) is -0.197. The lowest BCUT2D eigenvalue weighted by atomic mass is 10.00. The molecule has 2 atom stereocenters. The number of hydrogen-bond donors (Lipinski definition) is 0. The van der Waals surface area contributed by atoms with Crippen molar-refractivity contribution < 1.29 is 19.1 Å². The first-order valence-electron chi connectivity index (χ1n) is 7.43. The number of hydrogen-bond acceptors (Lipinski definition) is 4. The Labute approximate surface area is 128 Å². The van der Waals surface area contributed by atoms with Gasteiger partial charge >= 0.3 is 11.9 Å². The Bertz CT molecular complexity index is 384. The molecule has 2 unspecified atom stereocenters. The van der Waals surface area contributed by atoms with E-state index in [4.69, 9.17) is 9.47 Å². The summed E-state index contributed by atoms with van der Waals surface area (Å²) in [4.78, 5) is 22.5. The van der Waals surface area contributed by atoms with Crippen LogP contribution in [0.5, 0.6) is 0 Å². The number of carbonyl (C=O) groups is 2. The van der Waals surface area contributed by atoms with E-state index in [-0.39, 0.29) is 18.0 Å². The van der Waals surface area contributed by atoms with Gasteiger partial charge < -0.3 is 9.47 Å². The fraction of sp³-hybridized carbons (Fsp3) is 0.647. The van der Waals surface area contributed by atoms with Gasteiger partial charge in [0, 0.05) is 11.1 Å². The summed E-state index contributed by atoms with van der Waals surface area (Å²) in [5.41, 5.74) is 0.852. The van der Waals surface area contributed by atoms with Crippen LogP contribution in [0.1, 0.15) is 53.4 Å². The van der Waals surface area contributed by atoms with Gasteiger partial charge in [-0.15, -0.1) is 0 Å². The standard InChI is InChI=1S/C17H28O4/c1-12(2)16(18)20-11-10-14(5)8-7-9-15(6)21-17(19)13(3)4/h14-15H,1,3,7-11H2,2,4-6H3. The first-order chi connectivity index (χ1) is 9.73. The molecule has 0 aliphatic heterocycles. The van der Waals surface area contributed by atoms with Crippen molar-refractivity contribution in [2.45, 2.75) is 59.5 Å². The van der Waals surface area contributed by atoms with Crippen molar-refractivity contribution >= 4 is 11.9 Å². The van der Waals surface area contributed by atoms with Crippen molar-refractivity contribution in [1.29, 1.82) is 0 Å². The maximum Gasteiger partial charge on any atom is 0.333 e. The van der Waals surface area contributed by atoms with E-state index in [9.17, 15) is 9.59 Å². The van der Waals surface area contributed by atoms with Crippen LogP contribution < -0.4 is 0 Å². The van der Waals surface area contributed by atoms with Gasteiger partial charge in [0.25, 0.3) is 0 Å². The zero-order valence-corrected chi connectivity index (χ0v) is 13.7. The van der Waals surface area contributed by atoms with Gasteiger partial charge in [-0.3, -0.25) is 0 Å². The molecule has 0 aromatic carbocycles. The second-order valence-electron chi connectivity index (χ2n) is 5.74. The van der Waals surface area contributed by atoms with Gasteiger partial charge in [0.1, 0.15) is 0 Å². The van der Waals surface area contributed by atoms with E-state index < -0.39 is 0 Å². The molecule has 21 heavy (non-hydrogen) atoms. The molecule has 0 aromatic heterocycles. The normalized spacial score (nSPS) is 13.1. The van der Waals surface area contributed by atoms with E-state index in [0.29, 0.717) is 23.7 Å². The summed E-state index contributed by atoms with van der Waals surface area (Å²) in [7, 11) is 0. The van der Waals surface area contributed by atoms with E-state index in [2.05, 4.69) is 20.1 Å². The quantitative estimate of drug-likeness (QED) is 0.454. The Morgan fingerprint density at radius 1 is 0.952 bits per heavy atom. The molecule has 0 aliphatic rings. The van der Waals surface area contributed by atoms with Crippen LogP contribution in [0, 0.1) is 5.92 Å². The molecule has 0 saturated heterocycles. The molecule has 0 bridgehead atoms. The van der Waals surface area contributed by atoms with Crippen molar-refractivity contribution in [3.05, 3.63) is 24.3 Å². The van der Waals surface area contributed by atoms with Crippen LogP contribution in [0.25, 0.3) is 0 Å². The van der Waals surface area contributed by atoms with Gasteiger partial charge in [0.05, 0.1) is 12.7 Å². The van der Waals surface area contributed by atoms with Crippen LogP contribution in [0.15, 0.2) is 24.3 Å². The highest BCUT2D eigenvalue weighted by Gasteiger charge is 2.11. The van der Waals surface area contributed by atoms with Gasteiger partial charge in [-0.1, -0.05) is 26.5 Å². The lowest BCUT2D eigenvalue weighted by Gasteiger charge is -2.15. The van der Waals surface area contributed by atoms with Crippen molar-refractivity contribution in [3.8, 4) is 0 Å². The number of esters is 2. The van der Waals surface area contributed by atoms with E-state index in [1.165, 1.54) is 0 Å². The molecule has 0 N–H and O–H groups in total. The molecule has 0 aromatic rings. The molecule has 0 amide bonds. The largest absolute Gasteiger partial charge is 0.462 e. The summed E-state index contributed by atoms with van der Waals surface area (Å²) in [6.45, 7) is 14.8. The third-order valence-corrected chi connectivity index (χ3v) is 3.16. The first-order valence-corrected chi connectivity index (χ1v) is 7.43. The molecule has 0 spiro atoms. The highest BCUT2D eigenvalue weighted by atomic mass is 16.5. The summed E-state index contributed by atoms with van der Waals surface area (Å²) >= 11 is 0. The Balaban J connectivity index is 3.72. The van der Waals surface area contributed by atoms with E-state index in [1.54, 1.807) is 13.8 Å². The minimum Gasteiger partial charge on any atom is -0.462 e. The van der Waals surface area contributed by atoms with E-state index in [1.807, 2.05) is 6.92 Å². The van der Waals surface area contributed by atoms with E-state index >= 15 is 0 Å². The van der Waals surface area contributed by atoms with Crippen molar-refractivity contribution in [1.82, 2.24) is 0 Å². The Morgan fingerprint density at radius 2 is 1.52 bits per heavy atom. The fourth-order valence-electron chi connectivity index (χ4n) is 1.72. The van der Waals surface area contributed by atoms with Gasteiger partial charge in [0.2, 0.25) is 0 Å². The molecule has 0 radical (unpaired) electrons. The fourth-order valence-corrected chi connectivity index (χ4v) is 1.72. The SMILES string of the molecule is C=C(C)C(=O)OCCC(C)CCCC(C)OC(=O)C(=C)C. The van der Waals surface area contributed by atoms with Crippen LogP contribution >= 0.6 is 0 Å². The van der Waals surface area contributed by atoms with Crippen molar-refractivity contribution in [3.63, 3.8) is 0 Å². The summed E-state index contributed by atoms with van der Waals surface area (Å²) in [6, 6.07) is 0.